The van der Waals surface area contributed by atoms with Gasteiger partial charge in [-0.3, -0.25) is 0 Å². The van der Waals surface area contributed by atoms with Gasteiger partial charge in [-0.15, -0.1) is 0 Å². The summed E-state index contributed by atoms with van der Waals surface area (Å²) in [7, 11) is 0. The molecule has 2 aromatic carbocycles. The Labute approximate surface area is 165 Å². The zero-order chi connectivity index (χ0) is 18.2. The summed E-state index contributed by atoms with van der Waals surface area (Å²) in [5.41, 5.74) is 4.02. The minimum absolute atomic E-state index is 0.158. The lowest BCUT2D eigenvalue weighted by atomic mass is 9.80. The topological polar surface area (TPSA) is 6.48 Å². The van der Waals surface area contributed by atoms with E-state index < -0.39 is 0 Å². The SMILES string of the molecule is Fc1ccc([C@H]2c3ccccc3CCN2SCC2CN3CCC2CC3)cc1. The highest BCUT2D eigenvalue weighted by molar-refractivity contribution is 7.97. The van der Waals surface area contributed by atoms with E-state index in [2.05, 4.69) is 33.5 Å². The third-order valence-corrected chi connectivity index (χ3v) is 7.97. The van der Waals surface area contributed by atoms with E-state index in [1.165, 1.54) is 54.9 Å². The van der Waals surface area contributed by atoms with Gasteiger partial charge in [0.05, 0.1) is 6.04 Å². The third-order valence-electron chi connectivity index (χ3n) is 6.67. The van der Waals surface area contributed by atoms with Gasteiger partial charge in [-0.1, -0.05) is 48.3 Å². The average Bonchev–Trinajstić information content (AvgIpc) is 2.73. The number of halogens is 1. The molecule has 0 spiro atoms. The molecule has 0 radical (unpaired) electrons. The highest BCUT2D eigenvalue weighted by Crippen LogP contribution is 2.41. The number of fused-ring (bicyclic) bond motifs is 4. The molecule has 4 aliphatic rings. The maximum absolute atomic E-state index is 13.5. The van der Waals surface area contributed by atoms with Gasteiger partial charge in [0.25, 0.3) is 0 Å². The summed E-state index contributed by atoms with van der Waals surface area (Å²) >= 11 is 2.03. The number of hydrogen-bond acceptors (Lipinski definition) is 3. The zero-order valence-corrected chi connectivity index (χ0v) is 16.5. The second kappa shape index (κ2) is 7.57. The first-order valence-corrected chi connectivity index (χ1v) is 11.2. The van der Waals surface area contributed by atoms with Gasteiger partial charge < -0.3 is 4.90 Å². The van der Waals surface area contributed by atoms with Crippen LogP contribution in [0.1, 0.15) is 35.6 Å². The van der Waals surface area contributed by atoms with Gasteiger partial charge >= 0.3 is 0 Å². The van der Waals surface area contributed by atoms with Crippen LogP contribution in [0.4, 0.5) is 4.39 Å². The molecule has 27 heavy (non-hydrogen) atoms. The predicted octanol–water partition coefficient (Wildman–Crippen LogP) is 4.76. The van der Waals surface area contributed by atoms with Crippen molar-refractivity contribution in [3.05, 3.63) is 71.0 Å². The molecule has 4 aliphatic heterocycles. The maximum atomic E-state index is 13.5. The van der Waals surface area contributed by atoms with Crippen molar-refractivity contribution in [3.8, 4) is 0 Å². The monoisotopic (exact) mass is 382 g/mol. The van der Waals surface area contributed by atoms with E-state index in [9.17, 15) is 4.39 Å². The van der Waals surface area contributed by atoms with E-state index in [1.807, 2.05) is 24.1 Å². The first-order chi connectivity index (χ1) is 13.3. The standard InChI is InChI=1S/C23H27FN2S/c24-21-7-5-19(6-8-21)23-22-4-2-1-3-18(22)11-14-26(23)27-16-20-15-25-12-9-17(20)10-13-25/h1-8,17,20,23H,9-16H2/t20?,23-/m0/s1. The molecule has 3 saturated heterocycles. The Balaban J connectivity index is 1.38. The fraction of sp³-hybridized carbons (Fsp3) is 0.478. The second-order valence-corrected chi connectivity index (χ2v) is 9.30. The summed E-state index contributed by atoms with van der Waals surface area (Å²) < 4.78 is 16.1. The van der Waals surface area contributed by atoms with Crippen LogP contribution in [0.5, 0.6) is 0 Å². The first-order valence-electron chi connectivity index (χ1n) is 10.2. The predicted molar refractivity (Wildman–Crippen MR) is 110 cm³/mol. The van der Waals surface area contributed by atoms with Gasteiger partial charge in [0.2, 0.25) is 0 Å². The number of nitrogens with zero attached hydrogens (tertiary/aromatic N) is 2. The van der Waals surface area contributed by atoms with Crippen molar-refractivity contribution in [1.29, 1.82) is 0 Å². The molecular formula is C23H27FN2S. The summed E-state index contributed by atoms with van der Waals surface area (Å²) in [6, 6.07) is 16.1. The van der Waals surface area contributed by atoms with Crippen LogP contribution in [0.2, 0.25) is 0 Å². The Morgan fingerprint density at radius 1 is 0.963 bits per heavy atom. The van der Waals surface area contributed by atoms with Crippen LogP contribution in [0.15, 0.2) is 48.5 Å². The van der Waals surface area contributed by atoms with Gasteiger partial charge in [0, 0.05) is 18.8 Å². The lowest BCUT2D eigenvalue weighted by Crippen LogP contribution is -2.48. The van der Waals surface area contributed by atoms with Crippen LogP contribution in [0.3, 0.4) is 0 Å². The third kappa shape index (κ3) is 3.55. The Kier molecular flexibility index (Phi) is 4.97. The molecule has 0 saturated carbocycles. The van der Waals surface area contributed by atoms with E-state index in [1.54, 1.807) is 12.1 Å². The molecule has 0 N–H and O–H groups in total. The molecule has 2 atom stereocenters. The quantitative estimate of drug-likeness (QED) is 0.704. The Hall–Kier alpha value is -1.36. The van der Waals surface area contributed by atoms with Crippen molar-refractivity contribution in [1.82, 2.24) is 9.21 Å². The van der Waals surface area contributed by atoms with Gasteiger partial charge in [0.15, 0.2) is 0 Å². The van der Waals surface area contributed by atoms with Crippen molar-refractivity contribution in [2.45, 2.75) is 25.3 Å². The summed E-state index contributed by atoms with van der Waals surface area (Å²) in [4.78, 5) is 2.65. The fourth-order valence-corrected chi connectivity index (χ4v) is 6.51. The summed E-state index contributed by atoms with van der Waals surface area (Å²) in [5.74, 6) is 2.79. The summed E-state index contributed by atoms with van der Waals surface area (Å²) in [6.07, 6.45) is 3.87. The highest BCUT2D eigenvalue weighted by atomic mass is 32.2. The minimum Gasteiger partial charge on any atom is -0.303 e. The van der Waals surface area contributed by atoms with Crippen LogP contribution in [-0.2, 0) is 6.42 Å². The first kappa shape index (κ1) is 17.7. The lowest BCUT2D eigenvalue weighted by Gasteiger charge is -2.45. The smallest absolute Gasteiger partial charge is 0.123 e. The molecular weight excluding hydrogens is 355 g/mol. The van der Waals surface area contributed by atoms with Gasteiger partial charge in [-0.05, 0) is 73.0 Å². The highest BCUT2D eigenvalue weighted by Gasteiger charge is 2.35. The second-order valence-electron chi connectivity index (χ2n) is 8.24. The molecule has 2 aromatic rings. The fourth-order valence-electron chi connectivity index (χ4n) is 5.14. The number of rotatable bonds is 4. The van der Waals surface area contributed by atoms with E-state index in [0.717, 1.165) is 24.8 Å². The molecule has 1 unspecified atom stereocenters. The van der Waals surface area contributed by atoms with E-state index in [-0.39, 0.29) is 11.9 Å². The molecule has 2 bridgehead atoms. The number of hydrogen-bond donors (Lipinski definition) is 0. The minimum atomic E-state index is -0.158. The number of benzene rings is 2. The molecule has 3 fully saturated rings. The van der Waals surface area contributed by atoms with Crippen LogP contribution >= 0.6 is 11.9 Å². The lowest BCUT2D eigenvalue weighted by molar-refractivity contribution is 0.0622. The Morgan fingerprint density at radius 3 is 2.48 bits per heavy atom. The van der Waals surface area contributed by atoms with E-state index >= 15 is 0 Å². The molecule has 4 heterocycles. The van der Waals surface area contributed by atoms with Crippen molar-refractivity contribution >= 4 is 11.9 Å². The molecule has 142 valence electrons. The molecule has 0 amide bonds. The van der Waals surface area contributed by atoms with Crippen molar-refractivity contribution in [3.63, 3.8) is 0 Å². The van der Waals surface area contributed by atoms with Crippen molar-refractivity contribution in [2.75, 3.05) is 31.9 Å². The van der Waals surface area contributed by atoms with E-state index in [4.69, 9.17) is 0 Å². The van der Waals surface area contributed by atoms with Gasteiger partial charge in [-0.25, -0.2) is 8.70 Å². The molecule has 6 rings (SSSR count). The Morgan fingerprint density at radius 2 is 1.74 bits per heavy atom. The molecule has 4 heteroatoms. The molecule has 0 aliphatic carbocycles. The molecule has 0 aromatic heterocycles. The van der Waals surface area contributed by atoms with Crippen molar-refractivity contribution < 1.29 is 4.39 Å². The summed E-state index contributed by atoms with van der Waals surface area (Å²) in [5, 5.41) is 0. The van der Waals surface area contributed by atoms with Crippen LogP contribution in [-0.4, -0.2) is 41.1 Å². The summed E-state index contributed by atoms with van der Waals surface area (Å²) in [6.45, 7) is 4.95. The maximum Gasteiger partial charge on any atom is 0.123 e. The van der Waals surface area contributed by atoms with E-state index in [0.29, 0.717) is 0 Å². The van der Waals surface area contributed by atoms with Crippen LogP contribution in [0, 0.1) is 17.7 Å². The van der Waals surface area contributed by atoms with Crippen LogP contribution in [0.25, 0.3) is 0 Å². The van der Waals surface area contributed by atoms with Crippen molar-refractivity contribution in [2.24, 2.45) is 11.8 Å². The van der Waals surface area contributed by atoms with Gasteiger partial charge in [-0.2, -0.15) is 0 Å². The number of piperidine rings is 3. The van der Waals surface area contributed by atoms with Gasteiger partial charge in [0.1, 0.15) is 5.82 Å². The Bertz CT molecular complexity index is 785. The largest absolute Gasteiger partial charge is 0.303 e. The molecule has 2 nitrogen and oxygen atoms in total. The normalized spacial score (nSPS) is 30.3. The zero-order valence-electron chi connectivity index (χ0n) is 15.7. The average molecular weight is 383 g/mol. The van der Waals surface area contributed by atoms with Crippen LogP contribution < -0.4 is 0 Å².